The fourth-order valence-corrected chi connectivity index (χ4v) is 3.80. The Morgan fingerprint density at radius 2 is 2.27 bits per heavy atom. The molecule has 1 unspecified atom stereocenters. The van der Waals surface area contributed by atoms with Crippen LogP contribution in [-0.4, -0.2) is 52.8 Å². The molecule has 1 amide bonds. The molecule has 0 spiro atoms. The highest BCUT2D eigenvalue weighted by Gasteiger charge is 2.22. The molecule has 0 bridgehead atoms. The summed E-state index contributed by atoms with van der Waals surface area (Å²) in [6.45, 7) is 3.59. The maximum absolute atomic E-state index is 13.2. The van der Waals surface area contributed by atoms with E-state index < -0.39 is 5.91 Å². The molecule has 1 atom stereocenters. The highest BCUT2D eigenvalue weighted by molar-refractivity contribution is 5.96. The van der Waals surface area contributed by atoms with Gasteiger partial charge in [0.1, 0.15) is 16.8 Å². The summed E-state index contributed by atoms with van der Waals surface area (Å²) in [4.78, 5) is 30.7. The van der Waals surface area contributed by atoms with Crippen LogP contribution < -0.4 is 16.4 Å². The summed E-state index contributed by atoms with van der Waals surface area (Å²) in [5, 5.41) is 11.7. The number of hydrogen-bond donors (Lipinski definition) is 2. The number of carbonyl (C=O) groups is 1. The number of nitrogens with one attached hydrogen (secondary N) is 2. The molecule has 9 heteroatoms. The van der Waals surface area contributed by atoms with Crippen LogP contribution >= 0.6 is 0 Å². The van der Waals surface area contributed by atoms with Crippen LogP contribution in [-0.2, 0) is 16.0 Å². The summed E-state index contributed by atoms with van der Waals surface area (Å²) in [5.41, 5.74) is 1.65. The maximum atomic E-state index is 13.2. The van der Waals surface area contributed by atoms with Crippen molar-refractivity contribution in [3.05, 3.63) is 51.4 Å². The van der Waals surface area contributed by atoms with E-state index in [1.54, 1.807) is 23.9 Å². The molecule has 3 aromatic heterocycles. The number of fused-ring (bicyclic) bond motifs is 2. The number of aromatic nitrogens is 3. The predicted octanol–water partition coefficient (Wildman–Crippen LogP) is 0.992. The van der Waals surface area contributed by atoms with Gasteiger partial charge in [-0.3, -0.25) is 19.4 Å². The fraction of sp³-hybridized carbons (Fsp3) is 0.429. The molecule has 1 saturated heterocycles. The molecule has 0 aliphatic carbocycles. The minimum absolute atomic E-state index is 0.0118. The third-order valence-electron chi connectivity index (χ3n) is 5.38. The third kappa shape index (κ3) is 3.61. The average molecular weight is 411 g/mol. The van der Waals surface area contributed by atoms with Crippen LogP contribution in [0.25, 0.3) is 16.7 Å². The van der Waals surface area contributed by atoms with Gasteiger partial charge in [-0.2, -0.15) is 0 Å². The number of ether oxygens (including phenoxy) is 2. The van der Waals surface area contributed by atoms with Crippen LogP contribution in [0.1, 0.15) is 28.8 Å². The summed E-state index contributed by atoms with van der Waals surface area (Å²) in [6, 6.07) is 5.14. The van der Waals surface area contributed by atoms with Gasteiger partial charge in [0.05, 0.1) is 30.2 Å². The van der Waals surface area contributed by atoms with E-state index in [9.17, 15) is 9.59 Å². The molecule has 9 nitrogen and oxygen atoms in total. The molecule has 0 radical (unpaired) electrons. The Morgan fingerprint density at radius 3 is 3.00 bits per heavy atom. The lowest BCUT2D eigenvalue weighted by Crippen LogP contribution is -2.37. The third-order valence-corrected chi connectivity index (χ3v) is 5.38. The van der Waals surface area contributed by atoms with Gasteiger partial charge in [-0.25, -0.2) is 4.98 Å². The van der Waals surface area contributed by atoms with Crippen LogP contribution in [0, 0.1) is 12.3 Å². The van der Waals surface area contributed by atoms with Crippen molar-refractivity contribution in [2.24, 2.45) is 0 Å². The van der Waals surface area contributed by atoms with E-state index in [-0.39, 0.29) is 22.7 Å². The van der Waals surface area contributed by atoms with E-state index in [0.717, 1.165) is 18.4 Å². The Kier molecular flexibility index (Phi) is 5.65. The van der Waals surface area contributed by atoms with Crippen molar-refractivity contribution >= 4 is 22.6 Å². The van der Waals surface area contributed by atoms with Gasteiger partial charge in [0, 0.05) is 26.5 Å². The summed E-state index contributed by atoms with van der Waals surface area (Å²) in [5.74, 6) is -0.422. The zero-order valence-corrected chi connectivity index (χ0v) is 17.1. The number of hydrogen-bond acceptors (Lipinski definition) is 6. The Balaban J connectivity index is 1.95. The lowest BCUT2D eigenvalue weighted by Gasteiger charge is -2.17. The standard InChI is InChI=1S/C21H25N5O4/c1-13-5-3-8-25-18(13)24-19-16(21(25)28)11-15(20(27)23-7-10-29-2)17(22)26(19)12-14-6-4-9-30-14/h3,5,8,11,14,22H,4,6-7,9-10,12H2,1-2H3,(H,23,27). The SMILES string of the molecule is COCCNC(=O)c1cc2c(=O)n3cccc(C)c3nc2n(CC2CCCO2)c1=N. The lowest BCUT2D eigenvalue weighted by molar-refractivity contribution is 0.0921. The molecule has 2 N–H and O–H groups in total. The fourth-order valence-electron chi connectivity index (χ4n) is 3.80. The van der Waals surface area contributed by atoms with Crippen LogP contribution in [0.4, 0.5) is 0 Å². The minimum atomic E-state index is -0.422. The van der Waals surface area contributed by atoms with E-state index in [1.807, 2.05) is 13.0 Å². The molecular weight excluding hydrogens is 386 g/mol. The number of methoxy groups -OCH3 is 1. The smallest absolute Gasteiger partial charge is 0.267 e. The molecule has 4 heterocycles. The van der Waals surface area contributed by atoms with E-state index >= 15 is 0 Å². The van der Waals surface area contributed by atoms with E-state index in [0.29, 0.717) is 43.0 Å². The van der Waals surface area contributed by atoms with E-state index in [4.69, 9.17) is 19.9 Å². The molecule has 1 fully saturated rings. The Morgan fingerprint density at radius 1 is 1.43 bits per heavy atom. The van der Waals surface area contributed by atoms with Crippen molar-refractivity contribution < 1.29 is 14.3 Å². The number of rotatable bonds is 6. The zero-order valence-electron chi connectivity index (χ0n) is 17.1. The maximum Gasteiger partial charge on any atom is 0.267 e. The van der Waals surface area contributed by atoms with Gasteiger partial charge in [-0.15, -0.1) is 0 Å². The second-order valence-electron chi connectivity index (χ2n) is 7.44. The van der Waals surface area contributed by atoms with Crippen LogP contribution in [0.2, 0.25) is 0 Å². The minimum Gasteiger partial charge on any atom is -0.383 e. The predicted molar refractivity (Wildman–Crippen MR) is 111 cm³/mol. The normalized spacial score (nSPS) is 16.4. The Labute approximate surface area is 172 Å². The van der Waals surface area contributed by atoms with Crippen molar-refractivity contribution in [1.29, 1.82) is 5.41 Å². The van der Waals surface area contributed by atoms with E-state index in [1.165, 1.54) is 10.5 Å². The zero-order chi connectivity index (χ0) is 21.3. The monoisotopic (exact) mass is 411 g/mol. The van der Waals surface area contributed by atoms with Crippen molar-refractivity contribution in [1.82, 2.24) is 19.3 Å². The van der Waals surface area contributed by atoms with Gasteiger partial charge in [0.2, 0.25) is 0 Å². The van der Waals surface area contributed by atoms with Gasteiger partial charge < -0.3 is 19.4 Å². The molecule has 1 aliphatic heterocycles. The molecule has 30 heavy (non-hydrogen) atoms. The largest absolute Gasteiger partial charge is 0.383 e. The first-order valence-corrected chi connectivity index (χ1v) is 10.00. The van der Waals surface area contributed by atoms with Crippen LogP contribution in [0.15, 0.2) is 29.2 Å². The topological polar surface area (TPSA) is 111 Å². The van der Waals surface area contributed by atoms with E-state index in [2.05, 4.69) is 5.32 Å². The first-order chi connectivity index (χ1) is 14.5. The molecule has 3 aromatic rings. The van der Waals surface area contributed by atoms with Crippen LogP contribution in [0.5, 0.6) is 0 Å². The number of nitrogens with zero attached hydrogens (tertiary/aromatic N) is 3. The summed E-state index contributed by atoms with van der Waals surface area (Å²) in [6.07, 6.45) is 3.40. The molecule has 158 valence electrons. The second-order valence-corrected chi connectivity index (χ2v) is 7.44. The quantitative estimate of drug-likeness (QED) is 0.464. The van der Waals surface area contributed by atoms with Gasteiger partial charge in [-0.05, 0) is 37.5 Å². The first-order valence-electron chi connectivity index (χ1n) is 10.00. The van der Waals surface area contributed by atoms with Gasteiger partial charge in [0.15, 0.2) is 0 Å². The Bertz CT molecular complexity index is 1220. The van der Waals surface area contributed by atoms with Crippen molar-refractivity contribution in [3.8, 4) is 0 Å². The average Bonchev–Trinajstić information content (AvgIpc) is 3.24. The number of carbonyl (C=O) groups excluding carboxylic acids is 1. The molecule has 0 aromatic carbocycles. The van der Waals surface area contributed by atoms with Crippen molar-refractivity contribution in [2.75, 3.05) is 26.9 Å². The number of pyridine rings is 2. The number of amides is 1. The summed E-state index contributed by atoms with van der Waals surface area (Å²) >= 11 is 0. The molecule has 4 rings (SSSR count). The van der Waals surface area contributed by atoms with Crippen molar-refractivity contribution in [3.63, 3.8) is 0 Å². The van der Waals surface area contributed by atoms with Gasteiger partial charge in [0.25, 0.3) is 11.5 Å². The summed E-state index contributed by atoms with van der Waals surface area (Å²) in [7, 11) is 1.55. The molecule has 1 aliphatic rings. The molecular formula is C21H25N5O4. The first kappa shape index (κ1) is 20.2. The molecule has 0 saturated carbocycles. The number of aryl methyl sites for hydroxylation is 1. The van der Waals surface area contributed by atoms with Crippen LogP contribution in [0.3, 0.4) is 0 Å². The Hall–Kier alpha value is -3.04. The summed E-state index contributed by atoms with van der Waals surface area (Å²) < 4.78 is 13.8. The highest BCUT2D eigenvalue weighted by Crippen LogP contribution is 2.17. The van der Waals surface area contributed by atoms with Crippen molar-refractivity contribution in [2.45, 2.75) is 32.4 Å². The lowest BCUT2D eigenvalue weighted by atomic mass is 10.1. The second kappa shape index (κ2) is 8.37. The highest BCUT2D eigenvalue weighted by atomic mass is 16.5. The van der Waals surface area contributed by atoms with Gasteiger partial charge >= 0.3 is 0 Å². The van der Waals surface area contributed by atoms with Gasteiger partial charge in [-0.1, -0.05) is 6.07 Å².